The van der Waals surface area contributed by atoms with Crippen molar-refractivity contribution in [2.75, 3.05) is 0 Å². The van der Waals surface area contributed by atoms with Crippen molar-refractivity contribution in [2.24, 2.45) is 22.7 Å². The van der Waals surface area contributed by atoms with Gasteiger partial charge in [0.2, 0.25) is 0 Å². The molecule has 1 heteroatoms. The molecule has 0 aliphatic heterocycles. The molecule has 3 atom stereocenters. The van der Waals surface area contributed by atoms with Gasteiger partial charge in [-0.1, -0.05) is 36.8 Å². The zero-order chi connectivity index (χ0) is 14.7. The molecule has 114 valence electrons. The summed E-state index contributed by atoms with van der Waals surface area (Å²) in [5.74, 6) is 1.94. The van der Waals surface area contributed by atoms with E-state index in [1.165, 1.54) is 49.7 Å². The Morgan fingerprint density at radius 2 is 1.90 bits per heavy atom. The minimum atomic E-state index is 0.324. The molecular weight excluding hydrogens is 276 g/mol. The van der Waals surface area contributed by atoms with Crippen LogP contribution in [-0.4, -0.2) is 5.38 Å². The fourth-order valence-electron chi connectivity index (χ4n) is 6.43. The molecule has 4 aliphatic rings. The van der Waals surface area contributed by atoms with E-state index < -0.39 is 0 Å². The van der Waals surface area contributed by atoms with Crippen LogP contribution in [0.2, 0.25) is 0 Å². The van der Waals surface area contributed by atoms with Crippen LogP contribution in [-0.2, 0) is 6.42 Å². The highest BCUT2D eigenvalue weighted by atomic mass is 35.5. The second-order valence-electron chi connectivity index (χ2n) is 8.79. The highest BCUT2D eigenvalue weighted by Gasteiger charge is 2.57. The fraction of sp³-hybridized carbons (Fsp3) is 0.700. The highest BCUT2D eigenvalue weighted by molar-refractivity contribution is 6.21. The lowest BCUT2D eigenvalue weighted by Gasteiger charge is -2.62. The first-order valence-corrected chi connectivity index (χ1v) is 9.10. The molecule has 0 N–H and O–H groups in total. The van der Waals surface area contributed by atoms with Crippen molar-refractivity contribution >= 4 is 11.6 Å². The van der Waals surface area contributed by atoms with Gasteiger partial charge in [-0.15, -0.1) is 11.6 Å². The molecule has 0 nitrogen and oxygen atoms in total. The summed E-state index contributed by atoms with van der Waals surface area (Å²) in [6.45, 7) is 4.72. The smallest absolute Gasteiger partial charge is 0.0433 e. The van der Waals surface area contributed by atoms with Crippen LogP contribution in [0.5, 0.6) is 0 Å². The van der Waals surface area contributed by atoms with E-state index in [9.17, 15) is 0 Å². The lowest BCUT2D eigenvalue weighted by Crippen LogP contribution is -2.54. The van der Waals surface area contributed by atoms with Gasteiger partial charge in [0.05, 0.1) is 0 Å². The third-order valence-electron chi connectivity index (χ3n) is 6.56. The summed E-state index contributed by atoms with van der Waals surface area (Å²) >= 11 is 7.05. The third kappa shape index (κ3) is 2.44. The highest BCUT2D eigenvalue weighted by Crippen LogP contribution is 2.67. The number of hydrogen-bond acceptors (Lipinski definition) is 0. The van der Waals surface area contributed by atoms with E-state index in [1.807, 2.05) is 0 Å². The second kappa shape index (κ2) is 4.75. The molecular formula is C20H27Cl. The van der Waals surface area contributed by atoms with Gasteiger partial charge in [0.15, 0.2) is 0 Å². The number of aryl methyl sites for hydroxylation is 1. The summed E-state index contributed by atoms with van der Waals surface area (Å²) < 4.78 is 0. The third-order valence-corrected chi connectivity index (χ3v) is 7.18. The standard InChI is InChI=1S/C20H27Cl/c1-14-4-3-5-15(6-14)8-18(21)20-11-16-7-17(12-20)10-19(2,9-16)13-20/h3-6,16-18H,7-13H2,1-2H3. The van der Waals surface area contributed by atoms with Crippen molar-refractivity contribution in [3.05, 3.63) is 35.4 Å². The molecule has 5 rings (SSSR count). The Balaban J connectivity index is 1.57. The maximum absolute atomic E-state index is 7.05. The summed E-state index contributed by atoms with van der Waals surface area (Å²) in [6.07, 6.45) is 9.67. The lowest BCUT2D eigenvalue weighted by atomic mass is 9.44. The van der Waals surface area contributed by atoms with E-state index in [0.717, 1.165) is 18.3 Å². The van der Waals surface area contributed by atoms with Crippen molar-refractivity contribution in [3.63, 3.8) is 0 Å². The monoisotopic (exact) mass is 302 g/mol. The van der Waals surface area contributed by atoms with Crippen molar-refractivity contribution in [3.8, 4) is 0 Å². The summed E-state index contributed by atoms with van der Waals surface area (Å²) in [4.78, 5) is 0. The van der Waals surface area contributed by atoms with Crippen LogP contribution in [0.1, 0.15) is 56.6 Å². The van der Waals surface area contributed by atoms with Crippen LogP contribution in [0.25, 0.3) is 0 Å². The zero-order valence-electron chi connectivity index (χ0n) is 13.4. The Labute approximate surface area is 134 Å². The van der Waals surface area contributed by atoms with Crippen molar-refractivity contribution in [2.45, 2.75) is 64.2 Å². The van der Waals surface area contributed by atoms with Gasteiger partial charge in [-0.25, -0.2) is 0 Å². The first-order valence-electron chi connectivity index (χ1n) is 8.66. The fourth-order valence-corrected chi connectivity index (χ4v) is 6.86. The SMILES string of the molecule is Cc1cccc(CC(Cl)C23CC4CC(CC(C)(C4)C2)C3)c1. The quantitative estimate of drug-likeness (QED) is 0.623. The Kier molecular flexibility index (Phi) is 3.20. The molecule has 0 amide bonds. The summed E-state index contributed by atoms with van der Waals surface area (Å²) in [5.41, 5.74) is 3.82. The Morgan fingerprint density at radius 3 is 2.52 bits per heavy atom. The molecule has 4 bridgehead atoms. The molecule has 0 aromatic heterocycles. The van der Waals surface area contributed by atoms with Gasteiger partial charge in [0.1, 0.15) is 0 Å². The summed E-state index contributed by atoms with van der Waals surface area (Å²) in [7, 11) is 0. The first kappa shape index (κ1) is 14.1. The minimum absolute atomic E-state index is 0.324. The predicted molar refractivity (Wildman–Crippen MR) is 89.7 cm³/mol. The molecule has 4 fully saturated rings. The average molecular weight is 303 g/mol. The van der Waals surface area contributed by atoms with Gasteiger partial charge >= 0.3 is 0 Å². The van der Waals surface area contributed by atoms with Gasteiger partial charge < -0.3 is 0 Å². The molecule has 3 unspecified atom stereocenters. The minimum Gasteiger partial charge on any atom is -0.122 e. The first-order chi connectivity index (χ1) is 9.96. The Morgan fingerprint density at radius 1 is 1.19 bits per heavy atom. The van der Waals surface area contributed by atoms with E-state index in [4.69, 9.17) is 11.6 Å². The molecule has 0 spiro atoms. The maximum atomic E-state index is 7.05. The maximum Gasteiger partial charge on any atom is 0.0433 e. The van der Waals surface area contributed by atoms with E-state index in [-0.39, 0.29) is 0 Å². The van der Waals surface area contributed by atoms with Crippen LogP contribution in [0, 0.1) is 29.6 Å². The summed E-state index contributed by atoms with van der Waals surface area (Å²) in [6, 6.07) is 8.93. The second-order valence-corrected chi connectivity index (χ2v) is 9.32. The van der Waals surface area contributed by atoms with Gasteiger partial charge in [0.25, 0.3) is 0 Å². The van der Waals surface area contributed by atoms with Crippen LogP contribution in [0.15, 0.2) is 24.3 Å². The van der Waals surface area contributed by atoms with Gasteiger partial charge in [0, 0.05) is 5.38 Å². The molecule has 0 radical (unpaired) electrons. The van der Waals surface area contributed by atoms with Crippen LogP contribution in [0.4, 0.5) is 0 Å². The molecule has 1 aromatic carbocycles. The lowest BCUT2D eigenvalue weighted by molar-refractivity contribution is -0.103. The van der Waals surface area contributed by atoms with Crippen LogP contribution in [0.3, 0.4) is 0 Å². The van der Waals surface area contributed by atoms with E-state index in [1.54, 1.807) is 0 Å². The predicted octanol–water partition coefficient (Wildman–Crippen LogP) is 5.75. The molecule has 0 heterocycles. The van der Waals surface area contributed by atoms with E-state index in [2.05, 4.69) is 38.1 Å². The Hall–Kier alpha value is -0.490. The largest absolute Gasteiger partial charge is 0.122 e. The van der Waals surface area contributed by atoms with Crippen molar-refractivity contribution < 1.29 is 0 Å². The molecule has 21 heavy (non-hydrogen) atoms. The van der Waals surface area contributed by atoms with Gasteiger partial charge in [-0.05, 0) is 80.1 Å². The average Bonchev–Trinajstić information content (AvgIpc) is 2.35. The van der Waals surface area contributed by atoms with E-state index >= 15 is 0 Å². The van der Waals surface area contributed by atoms with Crippen LogP contribution >= 0.6 is 11.6 Å². The number of alkyl halides is 1. The van der Waals surface area contributed by atoms with Crippen LogP contribution < -0.4 is 0 Å². The van der Waals surface area contributed by atoms with Crippen molar-refractivity contribution in [1.82, 2.24) is 0 Å². The van der Waals surface area contributed by atoms with Gasteiger partial charge in [-0.3, -0.25) is 0 Å². The molecule has 1 aromatic rings. The van der Waals surface area contributed by atoms with E-state index in [0.29, 0.717) is 16.2 Å². The molecule has 4 aliphatic carbocycles. The van der Waals surface area contributed by atoms with Crippen molar-refractivity contribution in [1.29, 1.82) is 0 Å². The Bertz CT molecular complexity index is 533. The number of benzene rings is 1. The topological polar surface area (TPSA) is 0 Å². The van der Waals surface area contributed by atoms with Gasteiger partial charge in [-0.2, -0.15) is 0 Å². The molecule has 4 saturated carbocycles. The molecule has 0 saturated heterocycles. The summed E-state index contributed by atoms with van der Waals surface area (Å²) in [5, 5.41) is 0.324. The normalized spacial score (nSPS) is 42.2. The number of hydrogen-bond donors (Lipinski definition) is 0. The number of rotatable bonds is 3. The number of halogens is 1. The zero-order valence-corrected chi connectivity index (χ0v) is 14.1.